The molecule has 1 amide bonds. The molecular formula is C23H29N5O4S. The number of nitrogens with one attached hydrogen (secondary N) is 1. The van der Waals surface area contributed by atoms with Gasteiger partial charge in [-0.2, -0.15) is 4.31 Å². The van der Waals surface area contributed by atoms with Crippen LogP contribution in [-0.4, -0.2) is 52.4 Å². The summed E-state index contributed by atoms with van der Waals surface area (Å²) in [7, 11) is -1.95. The summed E-state index contributed by atoms with van der Waals surface area (Å²) in [6.07, 6.45) is 7.23. The fraction of sp³-hybridized carbons (Fsp3) is 0.435. The van der Waals surface area contributed by atoms with Gasteiger partial charge in [0.2, 0.25) is 10.0 Å². The molecule has 0 saturated heterocycles. The first-order valence-electron chi connectivity index (χ1n) is 11.3. The molecule has 1 aliphatic rings. The van der Waals surface area contributed by atoms with Gasteiger partial charge in [-0.15, -0.1) is 5.10 Å². The van der Waals surface area contributed by atoms with Crippen LogP contribution in [0.4, 0.5) is 0 Å². The van der Waals surface area contributed by atoms with Gasteiger partial charge in [0.05, 0.1) is 4.90 Å². The van der Waals surface area contributed by atoms with Crippen LogP contribution in [-0.2, 0) is 16.6 Å². The molecule has 1 aliphatic carbocycles. The number of aromatic nitrogens is 3. The average Bonchev–Trinajstić information content (AvgIpc) is 3.17. The van der Waals surface area contributed by atoms with Crippen LogP contribution in [0.15, 0.2) is 58.4 Å². The number of sulfonamides is 1. The number of pyridine rings is 1. The standard InChI is InChI=1S/C23H29N5O4S/c1-26(19-8-3-2-4-9-19)33(31,32)20-13-11-18(12-14-20)22(29)24-15-7-17-28-23(30)27-16-6-5-10-21(27)25-28/h5-6,10-14,16,19H,2-4,7-9,15,17H2,1H3,(H,24,29). The summed E-state index contributed by atoms with van der Waals surface area (Å²) >= 11 is 0. The fourth-order valence-electron chi connectivity index (χ4n) is 4.23. The Bertz CT molecular complexity index is 1270. The molecule has 1 aromatic carbocycles. The first-order valence-corrected chi connectivity index (χ1v) is 12.7. The second-order valence-electron chi connectivity index (χ2n) is 8.38. The maximum atomic E-state index is 12.9. The van der Waals surface area contributed by atoms with Gasteiger partial charge >= 0.3 is 5.69 Å². The van der Waals surface area contributed by atoms with Crippen LogP contribution in [0.25, 0.3) is 5.65 Å². The summed E-state index contributed by atoms with van der Waals surface area (Å²) in [5, 5.41) is 7.07. The third-order valence-corrected chi connectivity index (χ3v) is 8.13. The summed E-state index contributed by atoms with van der Waals surface area (Å²) < 4.78 is 30.2. The quantitative estimate of drug-likeness (QED) is 0.508. The lowest BCUT2D eigenvalue weighted by atomic mass is 9.96. The molecule has 3 aromatic rings. The number of fused-ring (bicyclic) bond motifs is 1. The van der Waals surface area contributed by atoms with Crippen LogP contribution in [0.2, 0.25) is 0 Å². The van der Waals surface area contributed by atoms with Crippen molar-refractivity contribution in [1.29, 1.82) is 0 Å². The number of carbonyl (C=O) groups is 1. The van der Waals surface area contributed by atoms with E-state index in [0.717, 1.165) is 32.1 Å². The monoisotopic (exact) mass is 471 g/mol. The van der Waals surface area contributed by atoms with E-state index in [4.69, 9.17) is 0 Å². The zero-order valence-electron chi connectivity index (χ0n) is 18.7. The maximum absolute atomic E-state index is 12.9. The smallest absolute Gasteiger partial charge is 0.350 e. The van der Waals surface area contributed by atoms with Crippen molar-refractivity contribution in [3.63, 3.8) is 0 Å². The van der Waals surface area contributed by atoms with Crippen molar-refractivity contribution in [3.8, 4) is 0 Å². The van der Waals surface area contributed by atoms with Crippen LogP contribution in [0.5, 0.6) is 0 Å². The fourth-order valence-corrected chi connectivity index (χ4v) is 5.65. The van der Waals surface area contributed by atoms with Gasteiger partial charge in [-0.1, -0.05) is 25.3 Å². The minimum absolute atomic E-state index is 0.0344. The number of hydrogen-bond acceptors (Lipinski definition) is 5. The largest absolute Gasteiger partial charge is 0.352 e. The Kier molecular flexibility index (Phi) is 6.94. The normalized spacial score (nSPS) is 15.2. The Morgan fingerprint density at radius 2 is 1.85 bits per heavy atom. The number of carbonyl (C=O) groups excluding carboxylic acids is 1. The van der Waals surface area contributed by atoms with Gasteiger partial charge in [-0.05, 0) is 55.7 Å². The lowest BCUT2D eigenvalue weighted by molar-refractivity contribution is 0.0952. The molecular weight excluding hydrogens is 442 g/mol. The molecule has 0 bridgehead atoms. The Morgan fingerprint density at radius 3 is 2.55 bits per heavy atom. The molecule has 9 nitrogen and oxygen atoms in total. The van der Waals surface area contributed by atoms with Crippen LogP contribution >= 0.6 is 0 Å². The van der Waals surface area contributed by atoms with Crippen molar-refractivity contribution >= 4 is 21.6 Å². The van der Waals surface area contributed by atoms with E-state index in [1.54, 1.807) is 25.4 Å². The van der Waals surface area contributed by atoms with E-state index in [0.29, 0.717) is 30.7 Å². The molecule has 176 valence electrons. The summed E-state index contributed by atoms with van der Waals surface area (Å²) in [6, 6.07) is 11.4. The second kappa shape index (κ2) is 9.88. The molecule has 0 unspecified atom stereocenters. The molecule has 10 heteroatoms. The zero-order valence-corrected chi connectivity index (χ0v) is 19.5. The summed E-state index contributed by atoms with van der Waals surface area (Å²) in [5.41, 5.74) is 0.752. The Hall–Kier alpha value is -2.98. The van der Waals surface area contributed by atoms with Crippen LogP contribution < -0.4 is 11.0 Å². The topological polar surface area (TPSA) is 106 Å². The predicted octanol–water partition coefficient (Wildman–Crippen LogP) is 2.27. The molecule has 2 aromatic heterocycles. The summed E-state index contributed by atoms with van der Waals surface area (Å²) in [6.45, 7) is 0.745. The number of amides is 1. The lowest BCUT2D eigenvalue weighted by Gasteiger charge is -2.30. The van der Waals surface area contributed by atoms with E-state index in [2.05, 4.69) is 10.4 Å². The third-order valence-electron chi connectivity index (χ3n) is 6.20. The molecule has 33 heavy (non-hydrogen) atoms. The van der Waals surface area contributed by atoms with E-state index < -0.39 is 10.0 Å². The number of rotatable bonds is 8. The number of aryl methyl sites for hydroxylation is 1. The summed E-state index contributed by atoms with van der Waals surface area (Å²) in [5.74, 6) is -0.290. The molecule has 1 N–H and O–H groups in total. The predicted molar refractivity (Wildman–Crippen MR) is 125 cm³/mol. The molecule has 4 rings (SSSR count). The van der Waals surface area contributed by atoms with E-state index >= 15 is 0 Å². The van der Waals surface area contributed by atoms with Gasteiger partial charge < -0.3 is 5.32 Å². The molecule has 2 heterocycles. The third kappa shape index (κ3) is 5.01. The lowest BCUT2D eigenvalue weighted by Crippen LogP contribution is -2.38. The van der Waals surface area contributed by atoms with Crippen LogP contribution in [0.3, 0.4) is 0 Å². The van der Waals surface area contributed by atoms with E-state index in [9.17, 15) is 18.0 Å². The van der Waals surface area contributed by atoms with Gasteiger partial charge in [-0.3, -0.25) is 9.20 Å². The van der Waals surface area contributed by atoms with Crippen molar-refractivity contribution in [2.75, 3.05) is 13.6 Å². The van der Waals surface area contributed by atoms with Crippen molar-refractivity contribution in [2.24, 2.45) is 0 Å². The van der Waals surface area contributed by atoms with Crippen molar-refractivity contribution in [3.05, 3.63) is 64.7 Å². The molecule has 0 atom stereocenters. The minimum Gasteiger partial charge on any atom is -0.352 e. The van der Waals surface area contributed by atoms with E-state index in [1.807, 2.05) is 6.07 Å². The van der Waals surface area contributed by atoms with E-state index in [1.165, 1.54) is 37.7 Å². The number of benzene rings is 1. The van der Waals surface area contributed by atoms with E-state index in [-0.39, 0.29) is 22.5 Å². The molecule has 1 fully saturated rings. The Balaban J connectivity index is 1.31. The van der Waals surface area contributed by atoms with Gasteiger partial charge in [0.25, 0.3) is 5.91 Å². The number of nitrogens with zero attached hydrogens (tertiary/aromatic N) is 4. The van der Waals surface area contributed by atoms with Crippen LogP contribution in [0.1, 0.15) is 48.9 Å². The highest BCUT2D eigenvalue weighted by Gasteiger charge is 2.29. The minimum atomic E-state index is -3.59. The average molecular weight is 472 g/mol. The Morgan fingerprint density at radius 1 is 1.12 bits per heavy atom. The van der Waals surface area contributed by atoms with Gasteiger partial charge in [0.1, 0.15) is 0 Å². The molecule has 0 spiro atoms. The SMILES string of the molecule is CN(C1CCCCC1)S(=O)(=O)c1ccc(C(=O)NCCCn2nc3ccccn3c2=O)cc1. The molecule has 0 aliphatic heterocycles. The van der Waals surface area contributed by atoms with Crippen LogP contribution in [0, 0.1) is 0 Å². The molecule has 0 radical (unpaired) electrons. The maximum Gasteiger partial charge on any atom is 0.350 e. The second-order valence-corrected chi connectivity index (χ2v) is 10.4. The first-order chi connectivity index (χ1) is 15.9. The first kappa shape index (κ1) is 23.2. The van der Waals surface area contributed by atoms with Gasteiger partial charge in [0, 0.05) is 37.9 Å². The Labute approximate surface area is 193 Å². The van der Waals surface area contributed by atoms with Crippen molar-refractivity contribution in [1.82, 2.24) is 23.8 Å². The number of hydrogen-bond donors (Lipinski definition) is 1. The highest BCUT2D eigenvalue weighted by Crippen LogP contribution is 2.26. The highest BCUT2D eigenvalue weighted by molar-refractivity contribution is 7.89. The zero-order chi connectivity index (χ0) is 23.4. The van der Waals surface area contributed by atoms with Crippen molar-refractivity contribution in [2.45, 2.75) is 56.0 Å². The van der Waals surface area contributed by atoms with Gasteiger partial charge in [0.15, 0.2) is 5.65 Å². The summed E-state index contributed by atoms with van der Waals surface area (Å²) in [4.78, 5) is 24.9. The molecule has 1 saturated carbocycles. The van der Waals surface area contributed by atoms with Crippen molar-refractivity contribution < 1.29 is 13.2 Å². The highest BCUT2D eigenvalue weighted by atomic mass is 32.2. The van der Waals surface area contributed by atoms with Gasteiger partial charge in [-0.25, -0.2) is 17.9 Å².